The Hall–Kier alpha value is -1.46. The van der Waals surface area contributed by atoms with Gasteiger partial charge in [-0.2, -0.15) is 0 Å². The normalized spacial score (nSPS) is 21.5. The third-order valence-corrected chi connectivity index (χ3v) is 7.21. The van der Waals surface area contributed by atoms with Crippen LogP contribution in [0.15, 0.2) is 3.79 Å². The molecule has 1 fully saturated rings. The van der Waals surface area contributed by atoms with Gasteiger partial charge >= 0.3 is 12.1 Å². The van der Waals surface area contributed by atoms with Crippen LogP contribution in [0.5, 0.6) is 0 Å². The first-order valence-corrected chi connectivity index (χ1v) is 12.1. The van der Waals surface area contributed by atoms with Crippen molar-refractivity contribution in [2.75, 3.05) is 31.7 Å². The summed E-state index contributed by atoms with van der Waals surface area (Å²) in [7, 11) is 1.26. The number of halogens is 3. The van der Waals surface area contributed by atoms with Crippen molar-refractivity contribution in [3.8, 4) is 0 Å². The predicted octanol–water partition coefficient (Wildman–Crippen LogP) is 4.76. The molecule has 2 aliphatic heterocycles. The summed E-state index contributed by atoms with van der Waals surface area (Å²) in [5.41, 5.74) is 0.0857. The lowest BCUT2D eigenvalue weighted by atomic mass is 9.97. The van der Waals surface area contributed by atoms with E-state index in [2.05, 4.69) is 21.2 Å². The quantitative estimate of drug-likeness (QED) is 0.544. The molecule has 32 heavy (non-hydrogen) atoms. The van der Waals surface area contributed by atoms with Gasteiger partial charge in [-0.1, -0.05) is 0 Å². The average Bonchev–Trinajstić information content (AvgIpc) is 3.01. The maximum absolute atomic E-state index is 14.7. The summed E-state index contributed by atoms with van der Waals surface area (Å²) in [4.78, 5) is 26.6. The average molecular weight is 539 g/mol. The number of amides is 1. The zero-order chi connectivity index (χ0) is 23.7. The van der Waals surface area contributed by atoms with E-state index in [1.54, 1.807) is 20.8 Å². The Bertz CT molecular complexity index is 852. The molecular weight excluding hydrogens is 510 g/mol. The number of hydrogen-bond donors (Lipinski definition) is 1. The van der Waals surface area contributed by atoms with Gasteiger partial charge in [-0.25, -0.2) is 18.4 Å². The van der Waals surface area contributed by atoms with Crippen LogP contribution in [-0.4, -0.2) is 62.5 Å². The van der Waals surface area contributed by atoms with Crippen LogP contribution in [0.25, 0.3) is 0 Å². The van der Waals surface area contributed by atoms with Crippen molar-refractivity contribution in [3.05, 3.63) is 14.2 Å². The van der Waals surface area contributed by atoms with Crippen molar-refractivity contribution >= 4 is 45.0 Å². The first-order chi connectivity index (χ1) is 14.9. The van der Waals surface area contributed by atoms with Crippen LogP contribution in [-0.2, 0) is 20.6 Å². The van der Waals surface area contributed by atoms with E-state index < -0.39 is 42.6 Å². The second-order valence-corrected chi connectivity index (χ2v) is 11.4. The number of alkyl halides is 2. The Labute approximate surface area is 198 Å². The maximum atomic E-state index is 14.7. The summed E-state index contributed by atoms with van der Waals surface area (Å²) >= 11 is 4.41. The summed E-state index contributed by atoms with van der Waals surface area (Å²) in [6.45, 7) is 5.26. The number of rotatable bonds is 5. The summed E-state index contributed by atoms with van der Waals surface area (Å²) < 4.78 is 45.9. The zero-order valence-corrected chi connectivity index (χ0v) is 21.0. The van der Waals surface area contributed by atoms with Gasteiger partial charge in [0, 0.05) is 25.1 Å². The van der Waals surface area contributed by atoms with Gasteiger partial charge < -0.3 is 24.4 Å². The molecule has 1 aromatic rings. The first-order valence-electron chi connectivity index (χ1n) is 10.5. The molecule has 0 aliphatic carbocycles. The molecule has 0 radical (unpaired) electrons. The molecule has 3 rings (SSSR count). The molecule has 11 heteroatoms. The number of fused-ring (bicyclic) bond motifs is 1. The Morgan fingerprint density at radius 2 is 2.09 bits per heavy atom. The van der Waals surface area contributed by atoms with Crippen LogP contribution in [0, 0.1) is 0 Å². The number of thiophene rings is 1. The van der Waals surface area contributed by atoms with Gasteiger partial charge in [0.1, 0.15) is 10.5 Å². The fourth-order valence-corrected chi connectivity index (χ4v) is 5.81. The summed E-state index contributed by atoms with van der Waals surface area (Å²) in [6, 6.07) is -0.601. The minimum Gasteiger partial charge on any atom is -0.465 e. The first kappa shape index (κ1) is 25.2. The number of esters is 1. The highest BCUT2D eigenvalue weighted by atomic mass is 79.9. The standard InChI is InChI=1S/C21H29BrF2N2O5S/c1-20(2,3)31-19(28)25-13(14-7-5-6-8-30-14)10-26-11-21(23,24)9-12-15(26)16(18(27)29-4)32-17(12)22/h13-14H,5-11H2,1-4H3,(H,25,28). The van der Waals surface area contributed by atoms with Crippen LogP contribution in [0.3, 0.4) is 0 Å². The fraction of sp³-hybridized carbons (Fsp3) is 0.714. The van der Waals surface area contributed by atoms with E-state index in [1.807, 2.05) is 0 Å². The fourth-order valence-electron chi connectivity index (χ4n) is 4.01. The lowest BCUT2D eigenvalue weighted by Gasteiger charge is -2.40. The van der Waals surface area contributed by atoms with Gasteiger partial charge in [0.25, 0.3) is 5.92 Å². The lowest BCUT2D eigenvalue weighted by molar-refractivity contribution is -0.0160. The summed E-state index contributed by atoms with van der Waals surface area (Å²) in [5.74, 6) is -3.58. The summed E-state index contributed by atoms with van der Waals surface area (Å²) in [6.07, 6.45) is 1.05. The monoisotopic (exact) mass is 538 g/mol. The van der Waals surface area contributed by atoms with E-state index in [9.17, 15) is 18.4 Å². The number of carbonyl (C=O) groups is 2. The Balaban J connectivity index is 1.92. The highest BCUT2D eigenvalue weighted by Crippen LogP contribution is 2.46. The Morgan fingerprint density at radius 1 is 1.38 bits per heavy atom. The van der Waals surface area contributed by atoms with Crippen LogP contribution < -0.4 is 10.2 Å². The molecule has 3 heterocycles. The van der Waals surface area contributed by atoms with Crippen LogP contribution in [0.1, 0.15) is 55.3 Å². The molecule has 180 valence electrons. The highest BCUT2D eigenvalue weighted by molar-refractivity contribution is 9.11. The topological polar surface area (TPSA) is 77.1 Å². The van der Waals surface area contributed by atoms with Gasteiger partial charge in [0.2, 0.25) is 0 Å². The van der Waals surface area contributed by atoms with E-state index in [0.717, 1.165) is 24.2 Å². The van der Waals surface area contributed by atoms with Crippen LogP contribution in [0.2, 0.25) is 0 Å². The van der Waals surface area contributed by atoms with Gasteiger partial charge in [-0.15, -0.1) is 11.3 Å². The van der Waals surface area contributed by atoms with Crippen molar-refractivity contribution in [2.45, 2.75) is 70.1 Å². The Kier molecular flexibility index (Phi) is 7.71. The lowest BCUT2D eigenvalue weighted by Crippen LogP contribution is -2.55. The van der Waals surface area contributed by atoms with E-state index in [4.69, 9.17) is 14.2 Å². The molecule has 0 bridgehead atoms. The predicted molar refractivity (Wildman–Crippen MR) is 121 cm³/mol. The SMILES string of the molecule is COC(=O)c1sc(Br)c2c1N(CC(NC(=O)OC(C)(C)C)C1CCCCO1)CC(F)(F)C2. The number of carbonyl (C=O) groups excluding carboxylic acids is 2. The van der Waals surface area contributed by atoms with Crippen LogP contribution >= 0.6 is 27.3 Å². The van der Waals surface area contributed by atoms with E-state index >= 15 is 0 Å². The van der Waals surface area contributed by atoms with Gasteiger partial charge in [-0.05, 0) is 56.0 Å². The van der Waals surface area contributed by atoms with Crippen molar-refractivity contribution < 1.29 is 32.6 Å². The van der Waals surface area contributed by atoms with Crippen molar-refractivity contribution in [3.63, 3.8) is 0 Å². The summed E-state index contributed by atoms with van der Waals surface area (Å²) in [5, 5.41) is 2.82. The number of anilines is 1. The number of hydrogen-bond acceptors (Lipinski definition) is 7. The van der Waals surface area contributed by atoms with Gasteiger partial charge in [0.05, 0.1) is 35.3 Å². The minimum absolute atomic E-state index is 0.0413. The second kappa shape index (κ2) is 9.80. The molecule has 0 aromatic carbocycles. The number of nitrogens with one attached hydrogen (secondary N) is 1. The minimum atomic E-state index is -2.99. The van der Waals surface area contributed by atoms with Gasteiger partial charge in [-0.3, -0.25) is 0 Å². The number of alkyl carbamates (subject to hydrolysis) is 1. The highest BCUT2D eigenvalue weighted by Gasteiger charge is 2.44. The molecule has 0 spiro atoms. The number of nitrogens with zero attached hydrogens (tertiary/aromatic N) is 1. The van der Waals surface area contributed by atoms with Crippen molar-refractivity contribution in [1.82, 2.24) is 5.32 Å². The third kappa shape index (κ3) is 6.11. The molecule has 1 N–H and O–H groups in total. The van der Waals surface area contributed by atoms with E-state index in [0.29, 0.717) is 28.1 Å². The number of ether oxygens (including phenoxy) is 3. The van der Waals surface area contributed by atoms with E-state index in [1.165, 1.54) is 12.0 Å². The Morgan fingerprint density at radius 3 is 2.69 bits per heavy atom. The van der Waals surface area contributed by atoms with Crippen molar-refractivity contribution in [2.24, 2.45) is 0 Å². The molecule has 2 unspecified atom stereocenters. The molecule has 7 nitrogen and oxygen atoms in total. The number of methoxy groups -OCH3 is 1. The smallest absolute Gasteiger partial charge is 0.408 e. The molecule has 1 aromatic heterocycles. The third-order valence-electron chi connectivity index (χ3n) is 5.26. The molecule has 2 aliphatic rings. The molecule has 2 atom stereocenters. The molecular formula is C21H29BrF2N2O5S. The largest absolute Gasteiger partial charge is 0.465 e. The molecule has 0 saturated carbocycles. The zero-order valence-electron chi connectivity index (χ0n) is 18.6. The molecule has 1 amide bonds. The van der Waals surface area contributed by atoms with Crippen LogP contribution in [0.4, 0.5) is 19.3 Å². The van der Waals surface area contributed by atoms with E-state index in [-0.39, 0.29) is 17.5 Å². The van der Waals surface area contributed by atoms with Gasteiger partial charge in [0.15, 0.2) is 0 Å². The second-order valence-electron chi connectivity index (χ2n) is 9.09. The maximum Gasteiger partial charge on any atom is 0.408 e. The van der Waals surface area contributed by atoms with Crippen molar-refractivity contribution in [1.29, 1.82) is 0 Å². The molecule has 1 saturated heterocycles.